The summed E-state index contributed by atoms with van der Waals surface area (Å²) in [7, 11) is 1.77. The van der Waals surface area contributed by atoms with E-state index in [0.717, 1.165) is 27.2 Å². The number of rotatable bonds is 8. The van der Waals surface area contributed by atoms with Gasteiger partial charge in [0.1, 0.15) is 0 Å². The number of benzene rings is 3. The molecule has 1 unspecified atom stereocenters. The highest BCUT2D eigenvalue weighted by Crippen LogP contribution is 2.49. The van der Waals surface area contributed by atoms with Crippen molar-refractivity contribution in [2.24, 2.45) is 5.10 Å². The van der Waals surface area contributed by atoms with E-state index in [4.69, 9.17) is 9.47 Å². The monoisotopic (exact) mass is 591 g/mol. The molecule has 1 aliphatic rings. The molecule has 42 heavy (non-hydrogen) atoms. The molecule has 0 radical (unpaired) electrons. The molecule has 12 nitrogen and oxygen atoms in total. The number of imide groups is 1. The van der Waals surface area contributed by atoms with Crippen LogP contribution >= 0.6 is 11.8 Å². The standard InChI is InChI=1S/C29H29N5O7S/c1-4-40-27(36)32(23-16-18-24(19-17-23)34(38)39)25(35)29(22-14-10-7-11-15-22)33(28(37)41-5-2)30-26(42-29)31(3)20-21-12-8-6-9-13-21/h6-19H,4-5,20H2,1-3H3. The van der Waals surface area contributed by atoms with Crippen LogP contribution in [0.3, 0.4) is 0 Å². The number of non-ortho nitro benzene ring substituents is 1. The molecule has 1 heterocycles. The molecule has 218 valence electrons. The molecule has 3 aromatic rings. The first-order valence-electron chi connectivity index (χ1n) is 13.0. The minimum absolute atomic E-state index is 0.00765. The van der Waals surface area contributed by atoms with Crippen LogP contribution in [0.15, 0.2) is 90.0 Å². The number of ether oxygens (including phenoxy) is 2. The number of hydrazone groups is 1. The fourth-order valence-electron chi connectivity index (χ4n) is 4.26. The van der Waals surface area contributed by atoms with Gasteiger partial charge in [0.25, 0.3) is 11.6 Å². The third kappa shape index (κ3) is 6.05. The molecule has 0 spiro atoms. The van der Waals surface area contributed by atoms with Crippen molar-refractivity contribution >= 4 is 46.4 Å². The lowest BCUT2D eigenvalue weighted by Crippen LogP contribution is -2.56. The quantitative estimate of drug-likeness (QED) is 0.244. The molecule has 13 heteroatoms. The summed E-state index contributed by atoms with van der Waals surface area (Å²) in [5.74, 6) is -0.883. The van der Waals surface area contributed by atoms with Crippen molar-refractivity contribution in [3.8, 4) is 0 Å². The van der Waals surface area contributed by atoms with Gasteiger partial charge in [-0.15, -0.1) is 5.10 Å². The topological polar surface area (TPSA) is 135 Å². The van der Waals surface area contributed by atoms with Crippen molar-refractivity contribution in [1.82, 2.24) is 9.91 Å². The molecule has 1 atom stereocenters. The molecule has 0 bridgehead atoms. The van der Waals surface area contributed by atoms with Crippen molar-refractivity contribution in [2.75, 3.05) is 25.2 Å². The number of nitro groups is 1. The van der Waals surface area contributed by atoms with Gasteiger partial charge in [-0.25, -0.2) is 14.5 Å². The van der Waals surface area contributed by atoms with Crippen LogP contribution in [-0.4, -0.2) is 58.4 Å². The van der Waals surface area contributed by atoms with E-state index in [0.29, 0.717) is 17.3 Å². The van der Waals surface area contributed by atoms with Gasteiger partial charge >= 0.3 is 12.2 Å². The smallest absolute Gasteiger partial charge is 0.432 e. The maximum atomic E-state index is 14.8. The Morgan fingerprint density at radius 2 is 1.52 bits per heavy atom. The second kappa shape index (κ2) is 13.2. The van der Waals surface area contributed by atoms with E-state index in [2.05, 4.69) is 5.10 Å². The van der Waals surface area contributed by atoms with Crippen LogP contribution < -0.4 is 4.90 Å². The van der Waals surface area contributed by atoms with Gasteiger partial charge in [-0.2, -0.15) is 5.01 Å². The van der Waals surface area contributed by atoms with E-state index in [1.54, 1.807) is 56.1 Å². The summed E-state index contributed by atoms with van der Waals surface area (Å²) in [5.41, 5.74) is 1.09. The first-order chi connectivity index (χ1) is 20.2. The van der Waals surface area contributed by atoms with Gasteiger partial charge in [0, 0.05) is 31.3 Å². The minimum atomic E-state index is -1.94. The minimum Gasteiger partial charge on any atom is -0.449 e. The van der Waals surface area contributed by atoms with E-state index in [1.807, 2.05) is 30.3 Å². The Kier molecular flexibility index (Phi) is 9.42. The lowest BCUT2D eigenvalue weighted by molar-refractivity contribution is -0.384. The Bertz CT molecular complexity index is 1470. The van der Waals surface area contributed by atoms with Crippen LogP contribution in [0.2, 0.25) is 0 Å². The van der Waals surface area contributed by atoms with Gasteiger partial charge in [0.05, 0.1) is 23.8 Å². The molecule has 0 saturated carbocycles. The zero-order chi connectivity index (χ0) is 30.3. The number of hydrogen-bond acceptors (Lipinski definition) is 10. The van der Waals surface area contributed by atoms with E-state index in [9.17, 15) is 24.5 Å². The van der Waals surface area contributed by atoms with E-state index in [-0.39, 0.29) is 24.6 Å². The highest BCUT2D eigenvalue weighted by atomic mass is 32.2. The zero-order valence-electron chi connectivity index (χ0n) is 23.2. The number of nitro benzene ring substituents is 1. The van der Waals surface area contributed by atoms with Gasteiger partial charge in [-0.3, -0.25) is 14.9 Å². The van der Waals surface area contributed by atoms with E-state index < -0.39 is 27.9 Å². The molecule has 1 aliphatic heterocycles. The molecule has 0 N–H and O–H groups in total. The second-order valence-electron chi connectivity index (χ2n) is 8.96. The van der Waals surface area contributed by atoms with Crippen LogP contribution in [0.25, 0.3) is 0 Å². The molecule has 0 fully saturated rings. The lowest BCUT2D eigenvalue weighted by Gasteiger charge is -2.36. The SMILES string of the molecule is CCOC(=O)N(C(=O)C1(c2ccccc2)SC(N(C)Cc2ccccc2)=NN1C(=O)OCC)c1ccc([N+](=O)[O-])cc1. The maximum Gasteiger partial charge on any atom is 0.432 e. The normalized spacial score (nSPS) is 15.9. The van der Waals surface area contributed by atoms with Crippen LogP contribution in [0.5, 0.6) is 0 Å². The largest absolute Gasteiger partial charge is 0.449 e. The molecule has 0 aromatic heterocycles. The molecule has 0 aliphatic carbocycles. The van der Waals surface area contributed by atoms with Crippen molar-refractivity contribution in [1.29, 1.82) is 0 Å². The summed E-state index contributed by atoms with van der Waals surface area (Å²) < 4.78 is 10.6. The van der Waals surface area contributed by atoms with Gasteiger partial charge in [-0.1, -0.05) is 60.7 Å². The summed E-state index contributed by atoms with van der Waals surface area (Å²) in [4.78, 5) is 52.8. The fourth-order valence-corrected chi connectivity index (χ4v) is 5.50. The second-order valence-corrected chi connectivity index (χ2v) is 10.1. The molecule has 3 amide bonds. The number of carbonyl (C=O) groups excluding carboxylic acids is 3. The highest BCUT2D eigenvalue weighted by molar-refractivity contribution is 8.15. The number of carbonyl (C=O) groups is 3. The Hall–Kier alpha value is -4.91. The fraction of sp³-hybridized carbons (Fsp3) is 0.241. The number of hydrogen-bond donors (Lipinski definition) is 0. The summed E-state index contributed by atoms with van der Waals surface area (Å²) >= 11 is 0.969. The molecule has 3 aromatic carbocycles. The van der Waals surface area contributed by atoms with Gasteiger partial charge in [-0.05, 0) is 43.3 Å². The average Bonchev–Trinajstić information content (AvgIpc) is 3.41. The molecule has 0 saturated heterocycles. The molecular weight excluding hydrogens is 562 g/mol. The summed E-state index contributed by atoms with van der Waals surface area (Å²) in [6.45, 7) is 3.57. The first-order valence-corrected chi connectivity index (χ1v) is 13.9. The number of thioether (sulfide) groups is 1. The van der Waals surface area contributed by atoms with Gasteiger partial charge in [0.15, 0.2) is 5.17 Å². The summed E-state index contributed by atoms with van der Waals surface area (Å²) in [5, 5.41) is 17.1. The van der Waals surface area contributed by atoms with E-state index in [1.165, 1.54) is 24.3 Å². The van der Waals surface area contributed by atoms with Crippen molar-refractivity contribution in [3.63, 3.8) is 0 Å². The Labute approximate surface area is 246 Å². The predicted molar refractivity (Wildman–Crippen MR) is 158 cm³/mol. The Balaban J connectivity index is 1.87. The third-order valence-electron chi connectivity index (χ3n) is 6.18. The number of nitrogens with zero attached hydrogens (tertiary/aromatic N) is 5. The van der Waals surface area contributed by atoms with Gasteiger partial charge in [0.2, 0.25) is 4.87 Å². The average molecular weight is 592 g/mol. The van der Waals surface area contributed by atoms with Crippen molar-refractivity contribution < 1.29 is 28.8 Å². The summed E-state index contributed by atoms with van der Waals surface area (Å²) in [6.07, 6.45) is -1.93. The summed E-state index contributed by atoms with van der Waals surface area (Å²) in [6, 6.07) is 22.9. The van der Waals surface area contributed by atoms with Crippen LogP contribution in [0.4, 0.5) is 21.0 Å². The third-order valence-corrected chi connectivity index (χ3v) is 7.63. The molecule has 4 rings (SSSR count). The zero-order valence-corrected chi connectivity index (χ0v) is 24.0. The van der Waals surface area contributed by atoms with Crippen LogP contribution in [0.1, 0.15) is 25.0 Å². The highest BCUT2D eigenvalue weighted by Gasteiger charge is 2.59. The Morgan fingerprint density at radius 1 is 0.929 bits per heavy atom. The van der Waals surface area contributed by atoms with Crippen molar-refractivity contribution in [2.45, 2.75) is 25.3 Å². The Morgan fingerprint density at radius 3 is 2.10 bits per heavy atom. The van der Waals surface area contributed by atoms with Crippen molar-refractivity contribution in [3.05, 3.63) is 106 Å². The molecular formula is C29H29N5O7S. The lowest BCUT2D eigenvalue weighted by atomic mass is 10.0. The number of amides is 3. The van der Waals surface area contributed by atoms with Crippen LogP contribution in [-0.2, 0) is 25.7 Å². The van der Waals surface area contributed by atoms with Crippen LogP contribution in [0, 0.1) is 10.1 Å². The number of amidine groups is 1. The predicted octanol–water partition coefficient (Wildman–Crippen LogP) is 5.55. The number of anilines is 1. The van der Waals surface area contributed by atoms with E-state index >= 15 is 0 Å². The first kappa shape index (κ1) is 30.1. The maximum absolute atomic E-state index is 14.8. The van der Waals surface area contributed by atoms with Gasteiger partial charge < -0.3 is 14.4 Å².